The van der Waals surface area contributed by atoms with Gasteiger partial charge in [0.1, 0.15) is 17.7 Å². The molecule has 0 saturated carbocycles. The number of piperidine rings is 1. The number of carbonyl (C=O) groups excluding carboxylic acids is 1. The molecule has 5 N–H and O–H groups in total. The standard InChI is InChI=1S/C26H25F5N8O2/c27-25(28)6-9-38(10-7-25)12-19-18(13-40)21(22-23(32)34-14-35-39(19)22)15-1-3-17(4-2-15)36-24(41)37-20-11-16(5-8-33-20)26(29,30)31/h1-5,8,11,14,40H,6-7,9-10,12-13H2,(H2,32,34,35)(H2,33,36,37,41). The van der Waals surface area contributed by atoms with Crippen molar-refractivity contribution in [3.8, 4) is 11.1 Å². The minimum atomic E-state index is -4.58. The molecule has 5 rings (SSSR count). The highest BCUT2D eigenvalue weighted by atomic mass is 19.4. The quantitative estimate of drug-likeness (QED) is 0.243. The second kappa shape index (κ2) is 10.9. The van der Waals surface area contributed by atoms with Gasteiger partial charge in [0.25, 0.3) is 5.92 Å². The number of nitrogens with one attached hydrogen (secondary N) is 2. The highest BCUT2D eigenvalue weighted by molar-refractivity contribution is 5.99. The van der Waals surface area contributed by atoms with E-state index in [0.29, 0.717) is 33.6 Å². The number of urea groups is 1. The van der Waals surface area contributed by atoms with Crippen LogP contribution in [0.4, 0.5) is 44.1 Å². The minimum absolute atomic E-state index is 0.149. The summed E-state index contributed by atoms with van der Waals surface area (Å²) in [5.74, 6) is -2.83. The first-order valence-electron chi connectivity index (χ1n) is 12.5. The van der Waals surface area contributed by atoms with E-state index in [1.807, 2.05) is 4.90 Å². The van der Waals surface area contributed by atoms with Crippen molar-refractivity contribution in [2.45, 2.75) is 38.1 Å². The van der Waals surface area contributed by atoms with Gasteiger partial charge in [-0.25, -0.2) is 28.1 Å². The van der Waals surface area contributed by atoms with Gasteiger partial charge in [0.15, 0.2) is 5.82 Å². The number of nitrogens with zero attached hydrogens (tertiary/aromatic N) is 5. The summed E-state index contributed by atoms with van der Waals surface area (Å²) in [4.78, 5) is 22.1. The second-order valence-electron chi connectivity index (χ2n) is 9.58. The van der Waals surface area contributed by atoms with Crippen LogP contribution in [0.25, 0.3) is 16.6 Å². The fourth-order valence-corrected chi connectivity index (χ4v) is 4.79. The number of hydrogen-bond acceptors (Lipinski definition) is 7. The Morgan fingerprint density at radius 2 is 1.78 bits per heavy atom. The summed E-state index contributed by atoms with van der Waals surface area (Å²) in [6.07, 6.45) is -2.90. The molecule has 0 unspecified atom stereocenters. The Bertz CT molecular complexity index is 1560. The first-order chi connectivity index (χ1) is 19.4. The van der Waals surface area contributed by atoms with E-state index >= 15 is 0 Å². The number of rotatable bonds is 6. The van der Waals surface area contributed by atoms with Crippen LogP contribution in [-0.2, 0) is 19.3 Å². The van der Waals surface area contributed by atoms with Crippen molar-refractivity contribution in [3.63, 3.8) is 0 Å². The van der Waals surface area contributed by atoms with E-state index in [1.165, 1.54) is 6.33 Å². The number of nitrogens with two attached hydrogens (primary N) is 1. The van der Waals surface area contributed by atoms with Crippen molar-refractivity contribution >= 4 is 28.9 Å². The average molecular weight is 577 g/mol. The molecule has 0 radical (unpaired) electrons. The second-order valence-corrected chi connectivity index (χ2v) is 9.58. The fraction of sp³-hybridized carbons (Fsp3) is 0.308. The van der Waals surface area contributed by atoms with Gasteiger partial charge in [-0.05, 0) is 29.8 Å². The molecule has 15 heteroatoms. The average Bonchev–Trinajstić information content (AvgIpc) is 3.24. The number of likely N-dealkylation sites (tertiary alicyclic amines) is 1. The van der Waals surface area contributed by atoms with Crippen molar-refractivity contribution < 1.29 is 31.9 Å². The highest BCUT2D eigenvalue weighted by Crippen LogP contribution is 2.37. The summed E-state index contributed by atoms with van der Waals surface area (Å²) in [5, 5.41) is 19.5. The molecule has 0 spiro atoms. The van der Waals surface area contributed by atoms with Gasteiger partial charge < -0.3 is 16.2 Å². The lowest BCUT2D eigenvalue weighted by molar-refractivity contribution is -0.137. The van der Waals surface area contributed by atoms with Crippen LogP contribution in [0.3, 0.4) is 0 Å². The van der Waals surface area contributed by atoms with Gasteiger partial charge in [-0.1, -0.05) is 12.1 Å². The number of aliphatic hydroxyl groups excluding tert-OH is 1. The number of aromatic nitrogens is 4. The molecule has 1 aliphatic rings. The summed E-state index contributed by atoms with van der Waals surface area (Å²) < 4.78 is 67.7. The summed E-state index contributed by atoms with van der Waals surface area (Å²) in [6, 6.07) is 7.15. The van der Waals surface area contributed by atoms with Gasteiger partial charge in [0, 0.05) is 55.5 Å². The van der Waals surface area contributed by atoms with E-state index in [9.17, 15) is 31.9 Å². The maximum absolute atomic E-state index is 13.7. The molecular weight excluding hydrogens is 551 g/mol. The first kappa shape index (κ1) is 28.2. The molecule has 1 fully saturated rings. The van der Waals surface area contributed by atoms with Gasteiger partial charge >= 0.3 is 12.2 Å². The third kappa shape index (κ3) is 6.05. The normalized spacial score (nSPS) is 15.7. The molecule has 1 saturated heterocycles. The Kier molecular flexibility index (Phi) is 7.48. The molecule has 2 amide bonds. The van der Waals surface area contributed by atoms with E-state index < -0.39 is 23.7 Å². The van der Waals surface area contributed by atoms with Gasteiger partial charge in [-0.2, -0.15) is 18.3 Å². The Labute approximate surface area is 230 Å². The number of halogens is 5. The van der Waals surface area contributed by atoms with Crippen LogP contribution in [0.15, 0.2) is 48.9 Å². The van der Waals surface area contributed by atoms with Crippen LogP contribution < -0.4 is 16.4 Å². The lowest BCUT2D eigenvalue weighted by Gasteiger charge is -2.31. The number of nitrogen functional groups attached to an aromatic ring is 1. The van der Waals surface area contributed by atoms with Gasteiger partial charge in [0.05, 0.1) is 17.9 Å². The van der Waals surface area contributed by atoms with Crippen molar-refractivity contribution in [1.29, 1.82) is 0 Å². The van der Waals surface area contributed by atoms with E-state index in [1.54, 1.807) is 28.8 Å². The van der Waals surface area contributed by atoms with Crippen LogP contribution >= 0.6 is 0 Å². The van der Waals surface area contributed by atoms with Crippen molar-refractivity contribution in [2.75, 3.05) is 29.5 Å². The number of aliphatic hydroxyl groups is 1. The number of anilines is 3. The summed E-state index contributed by atoms with van der Waals surface area (Å²) >= 11 is 0. The third-order valence-electron chi connectivity index (χ3n) is 6.84. The van der Waals surface area contributed by atoms with Crippen molar-refractivity contribution in [1.82, 2.24) is 24.5 Å². The number of benzene rings is 1. The molecule has 1 aliphatic heterocycles. The SMILES string of the molecule is Nc1ncnn2c(CN3CCC(F)(F)CC3)c(CO)c(-c3ccc(NC(=O)Nc4cc(C(F)(F)F)ccn4)cc3)c12. The zero-order valence-corrected chi connectivity index (χ0v) is 21.4. The molecule has 0 bridgehead atoms. The van der Waals surface area contributed by atoms with E-state index in [2.05, 4.69) is 25.7 Å². The molecule has 4 heterocycles. The molecule has 216 valence electrons. The van der Waals surface area contributed by atoms with Crippen LogP contribution in [0.1, 0.15) is 29.7 Å². The first-order valence-corrected chi connectivity index (χ1v) is 12.5. The summed E-state index contributed by atoms with van der Waals surface area (Å²) in [6.45, 7) is 0.232. The third-order valence-corrected chi connectivity index (χ3v) is 6.84. The molecule has 1 aromatic carbocycles. The van der Waals surface area contributed by atoms with E-state index in [0.717, 1.165) is 18.3 Å². The molecule has 41 heavy (non-hydrogen) atoms. The van der Waals surface area contributed by atoms with Crippen molar-refractivity contribution in [2.24, 2.45) is 0 Å². The zero-order chi connectivity index (χ0) is 29.4. The number of hydrogen-bond donors (Lipinski definition) is 4. The van der Waals surface area contributed by atoms with Gasteiger partial charge in [0.2, 0.25) is 0 Å². The predicted octanol–water partition coefficient (Wildman–Crippen LogP) is 4.76. The zero-order valence-electron chi connectivity index (χ0n) is 21.4. The summed E-state index contributed by atoms with van der Waals surface area (Å²) in [7, 11) is 0. The maximum atomic E-state index is 13.7. The molecule has 0 aliphatic carbocycles. The largest absolute Gasteiger partial charge is 0.416 e. The molecule has 3 aromatic heterocycles. The number of fused-ring (bicyclic) bond motifs is 1. The monoisotopic (exact) mass is 576 g/mol. The molecule has 4 aromatic rings. The molecule has 10 nitrogen and oxygen atoms in total. The topological polar surface area (TPSA) is 134 Å². The predicted molar refractivity (Wildman–Crippen MR) is 140 cm³/mol. The smallest absolute Gasteiger partial charge is 0.392 e. The van der Waals surface area contributed by atoms with Crippen LogP contribution in [-0.4, -0.2) is 54.6 Å². The lowest BCUT2D eigenvalue weighted by atomic mass is 10.00. The van der Waals surface area contributed by atoms with Crippen LogP contribution in [0.5, 0.6) is 0 Å². The van der Waals surface area contributed by atoms with E-state index in [4.69, 9.17) is 5.73 Å². The number of pyridine rings is 1. The number of carbonyl (C=O) groups is 1. The van der Waals surface area contributed by atoms with Crippen LogP contribution in [0, 0.1) is 0 Å². The van der Waals surface area contributed by atoms with Crippen molar-refractivity contribution in [3.05, 3.63) is 65.7 Å². The molecular formula is C26H25F5N8O2. The van der Waals surface area contributed by atoms with Gasteiger partial charge in [-0.15, -0.1) is 0 Å². The number of amides is 2. The van der Waals surface area contributed by atoms with E-state index in [-0.39, 0.29) is 50.7 Å². The Hall–Kier alpha value is -4.37. The summed E-state index contributed by atoms with van der Waals surface area (Å²) in [5.41, 5.74) is 8.25. The minimum Gasteiger partial charge on any atom is -0.392 e. The molecule has 0 atom stereocenters. The highest BCUT2D eigenvalue weighted by Gasteiger charge is 2.35. The Morgan fingerprint density at radius 1 is 1.07 bits per heavy atom. The Morgan fingerprint density at radius 3 is 2.44 bits per heavy atom. The lowest BCUT2D eigenvalue weighted by Crippen LogP contribution is -2.39. The maximum Gasteiger partial charge on any atom is 0.416 e. The number of alkyl halides is 5. The van der Waals surface area contributed by atoms with Gasteiger partial charge in [-0.3, -0.25) is 10.2 Å². The Balaban J connectivity index is 1.39. The van der Waals surface area contributed by atoms with Crippen LogP contribution in [0.2, 0.25) is 0 Å². The fourth-order valence-electron chi connectivity index (χ4n) is 4.79.